The molecule has 1 unspecified atom stereocenters. The number of alkyl halides is 3. The van der Waals surface area contributed by atoms with Crippen molar-refractivity contribution in [2.45, 2.75) is 44.3 Å². The van der Waals surface area contributed by atoms with Gasteiger partial charge in [0.25, 0.3) is 0 Å². The number of hydrogen-bond donors (Lipinski definition) is 0. The number of halogens is 3. The third-order valence-electron chi connectivity index (χ3n) is 4.99. The first kappa shape index (κ1) is 17.5. The fraction of sp³-hybridized carbons (Fsp3) is 0.350. The molecule has 132 valence electrons. The summed E-state index contributed by atoms with van der Waals surface area (Å²) in [5.41, 5.74) is 0.620. The highest BCUT2D eigenvalue weighted by atomic mass is 19.4. The van der Waals surface area contributed by atoms with Gasteiger partial charge in [0, 0.05) is 16.6 Å². The van der Waals surface area contributed by atoms with E-state index in [1.165, 1.54) is 0 Å². The summed E-state index contributed by atoms with van der Waals surface area (Å²) in [6, 6.07) is 16.6. The zero-order valence-corrected chi connectivity index (χ0v) is 14.4. The van der Waals surface area contributed by atoms with Crippen molar-refractivity contribution in [3.63, 3.8) is 0 Å². The zero-order valence-electron chi connectivity index (χ0n) is 14.4. The molecule has 25 heavy (non-hydrogen) atoms. The highest BCUT2D eigenvalue weighted by Crippen LogP contribution is 2.51. The molecule has 0 aromatic heterocycles. The van der Waals surface area contributed by atoms with E-state index in [9.17, 15) is 18.0 Å². The van der Waals surface area contributed by atoms with Crippen LogP contribution in [0.25, 0.3) is 0 Å². The normalized spacial score (nSPS) is 22.4. The van der Waals surface area contributed by atoms with Gasteiger partial charge in [-0.25, -0.2) is 0 Å². The van der Waals surface area contributed by atoms with Gasteiger partial charge in [-0.05, 0) is 37.5 Å². The molecule has 1 atom stereocenters. The maximum atomic E-state index is 13.2. The van der Waals surface area contributed by atoms with Gasteiger partial charge in [-0.1, -0.05) is 55.5 Å². The van der Waals surface area contributed by atoms with Gasteiger partial charge in [-0.3, -0.25) is 9.69 Å². The predicted molar refractivity (Wildman–Crippen MR) is 91.6 cm³/mol. The van der Waals surface area contributed by atoms with Gasteiger partial charge in [0.05, 0.1) is 0 Å². The van der Waals surface area contributed by atoms with Crippen LogP contribution in [0.5, 0.6) is 0 Å². The van der Waals surface area contributed by atoms with Crippen LogP contribution in [0.4, 0.5) is 18.9 Å². The lowest BCUT2D eigenvalue weighted by atomic mass is 9.65. The van der Waals surface area contributed by atoms with E-state index in [4.69, 9.17) is 0 Å². The topological polar surface area (TPSA) is 20.3 Å². The van der Waals surface area contributed by atoms with E-state index < -0.39 is 23.0 Å². The molecular formula is C20H20F3NO. The number of hydrogen-bond acceptors (Lipinski definition) is 1. The Bertz CT molecular complexity index is 798. The second-order valence-electron chi connectivity index (χ2n) is 7.34. The Balaban J connectivity index is 2.24. The molecule has 1 aliphatic rings. The predicted octanol–water partition coefficient (Wildman–Crippen LogP) is 5.07. The van der Waals surface area contributed by atoms with Crippen molar-refractivity contribution in [2.75, 3.05) is 4.90 Å². The van der Waals surface area contributed by atoms with Crippen LogP contribution in [-0.2, 0) is 10.2 Å². The van der Waals surface area contributed by atoms with Crippen LogP contribution in [0.3, 0.4) is 0 Å². The summed E-state index contributed by atoms with van der Waals surface area (Å²) in [6.45, 7) is 5.40. The number of rotatable bonds is 1. The Labute approximate surface area is 145 Å². The Kier molecular flexibility index (Phi) is 3.93. The SMILES string of the molecule is CC1(c2ccccc2)CC(C)(C)N(C(=O)C(F)(F)F)c2ccccc21. The van der Waals surface area contributed by atoms with Crippen molar-refractivity contribution in [1.29, 1.82) is 0 Å². The molecular weight excluding hydrogens is 327 g/mol. The van der Waals surface area contributed by atoms with Crippen LogP contribution in [0.1, 0.15) is 38.3 Å². The first-order valence-corrected chi connectivity index (χ1v) is 8.14. The van der Waals surface area contributed by atoms with E-state index in [2.05, 4.69) is 0 Å². The Morgan fingerprint density at radius 1 is 0.960 bits per heavy atom. The van der Waals surface area contributed by atoms with E-state index >= 15 is 0 Å². The van der Waals surface area contributed by atoms with Crippen molar-refractivity contribution in [3.05, 3.63) is 65.7 Å². The molecule has 0 saturated carbocycles. The fourth-order valence-electron chi connectivity index (χ4n) is 4.08. The molecule has 5 heteroatoms. The fourth-order valence-corrected chi connectivity index (χ4v) is 4.08. The largest absolute Gasteiger partial charge is 0.471 e. The first-order chi connectivity index (χ1) is 11.6. The molecule has 0 N–H and O–H groups in total. The minimum absolute atomic E-state index is 0.326. The maximum Gasteiger partial charge on any atom is 0.471 e. The van der Waals surface area contributed by atoms with Crippen molar-refractivity contribution in [2.24, 2.45) is 0 Å². The third kappa shape index (κ3) is 2.81. The van der Waals surface area contributed by atoms with E-state index in [0.29, 0.717) is 12.1 Å². The lowest BCUT2D eigenvalue weighted by molar-refractivity contribution is -0.172. The van der Waals surface area contributed by atoms with Gasteiger partial charge < -0.3 is 0 Å². The van der Waals surface area contributed by atoms with Crippen LogP contribution < -0.4 is 4.90 Å². The van der Waals surface area contributed by atoms with Crippen LogP contribution in [0.2, 0.25) is 0 Å². The van der Waals surface area contributed by atoms with E-state index in [1.807, 2.05) is 43.3 Å². The second-order valence-corrected chi connectivity index (χ2v) is 7.34. The Morgan fingerprint density at radius 2 is 1.52 bits per heavy atom. The van der Waals surface area contributed by atoms with Gasteiger partial charge in [0.1, 0.15) is 0 Å². The molecule has 0 fully saturated rings. The summed E-state index contributed by atoms with van der Waals surface area (Å²) in [5.74, 6) is -1.82. The van der Waals surface area contributed by atoms with Crippen LogP contribution >= 0.6 is 0 Å². The number of amides is 1. The molecule has 0 aliphatic carbocycles. The number of carbonyl (C=O) groups is 1. The van der Waals surface area contributed by atoms with Gasteiger partial charge in [-0.15, -0.1) is 0 Å². The molecule has 2 aromatic carbocycles. The molecule has 0 spiro atoms. The standard InChI is InChI=1S/C20H20F3NO/c1-18(2)13-19(3,14-9-5-4-6-10-14)15-11-7-8-12-16(15)24(18)17(25)20(21,22)23/h4-12H,13H2,1-3H3. The van der Waals surface area contributed by atoms with Crippen molar-refractivity contribution in [3.8, 4) is 0 Å². The second kappa shape index (κ2) is 5.61. The van der Waals surface area contributed by atoms with Crippen LogP contribution in [-0.4, -0.2) is 17.6 Å². The highest BCUT2D eigenvalue weighted by molar-refractivity contribution is 6.00. The Morgan fingerprint density at radius 3 is 2.12 bits per heavy atom. The number of fused-ring (bicyclic) bond motifs is 1. The number of benzene rings is 2. The average molecular weight is 347 g/mol. The lowest BCUT2D eigenvalue weighted by Gasteiger charge is -2.51. The zero-order chi connectivity index (χ0) is 18.5. The maximum absolute atomic E-state index is 13.2. The summed E-state index contributed by atoms with van der Waals surface area (Å²) in [5, 5.41) is 0. The first-order valence-electron chi connectivity index (χ1n) is 8.14. The van der Waals surface area contributed by atoms with Crippen molar-refractivity contribution in [1.82, 2.24) is 0 Å². The van der Waals surface area contributed by atoms with Gasteiger partial charge >= 0.3 is 12.1 Å². The molecule has 0 bridgehead atoms. The molecule has 1 heterocycles. The van der Waals surface area contributed by atoms with Gasteiger partial charge in [0.15, 0.2) is 0 Å². The third-order valence-corrected chi connectivity index (χ3v) is 4.99. The summed E-state index contributed by atoms with van der Waals surface area (Å²) in [4.78, 5) is 13.1. The molecule has 1 amide bonds. The number of para-hydroxylation sites is 1. The summed E-state index contributed by atoms with van der Waals surface area (Å²) in [7, 11) is 0. The van der Waals surface area contributed by atoms with E-state index in [-0.39, 0.29) is 0 Å². The summed E-state index contributed by atoms with van der Waals surface area (Å²) >= 11 is 0. The monoisotopic (exact) mass is 347 g/mol. The van der Waals surface area contributed by atoms with E-state index in [1.54, 1.807) is 32.0 Å². The molecule has 2 aromatic rings. The molecule has 0 radical (unpaired) electrons. The minimum atomic E-state index is -4.91. The average Bonchev–Trinajstić information content (AvgIpc) is 2.54. The molecule has 2 nitrogen and oxygen atoms in total. The number of carbonyl (C=O) groups excluding carboxylic acids is 1. The summed E-state index contributed by atoms with van der Waals surface area (Å²) < 4.78 is 39.6. The van der Waals surface area contributed by atoms with E-state index in [0.717, 1.165) is 16.0 Å². The summed E-state index contributed by atoms with van der Waals surface area (Å²) in [6.07, 6.45) is -4.52. The van der Waals surface area contributed by atoms with Crippen molar-refractivity contribution >= 4 is 11.6 Å². The molecule has 0 saturated heterocycles. The quantitative estimate of drug-likeness (QED) is 0.705. The molecule has 3 rings (SSSR count). The molecule has 1 aliphatic heterocycles. The Hall–Kier alpha value is -2.30. The highest BCUT2D eigenvalue weighted by Gasteiger charge is 2.53. The van der Waals surface area contributed by atoms with Crippen molar-refractivity contribution < 1.29 is 18.0 Å². The smallest absolute Gasteiger partial charge is 0.299 e. The van der Waals surface area contributed by atoms with Gasteiger partial charge in [-0.2, -0.15) is 13.2 Å². The van der Waals surface area contributed by atoms with Crippen LogP contribution in [0, 0.1) is 0 Å². The lowest BCUT2D eigenvalue weighted by Crippen LogP contribution is -2.59. The van der Waals surface area contributed by atoms with Crippen LogP contribution in [0.15, 0.2) is 54.6 Å². The number of nitrogens with zero attached hydrogens (tertiary/aromatic N) is 1. The minimum Gasteiger partial charge on any atom is -0.299 e. The van der Waals surface area contributed by atoms with Gasteiger partial charge in [0.2, 0.25) is 0 Å². The number of anilines is 1.